The van der Waals surface area contributed by atoms with Crippen LogP contribution >= 0.6 is 11.6 Å². The molecule has 1 aromatic heterocycles. The van der Waals surface area contributed by atoms with Gasteiger partial charge >= 0.3 is 6.18 Å². The first kappa shape index (κ1) is 16.1. The summed E-state index contributed by atoms with van der Waals surface area (Å²) in [5.74, 6) is 0.576. The van der Waals surface area contributed by atoms with Crippen LogP contribution in [0.5, 0.6) is 5.75 Å². The van der Waals surface area contributed by atoms with E-state index in [4.69, 9.17) is 21.5 Å². The molecule has 0 spiro atoms. The van der Waals surface area contributed by atoms with Gasteiger partial charge in [-0.05, 0) is 30.3 Å². The topological polar surface area (TPSA) is 54.7 Å². The number of rotatable bonds is 3. The highest BCUT2D eigenvalue weighted by atomic mass is 35.5. The Bertz CT molecular complexity index is 700. The number of halogens is 4. The molecule has 0 aliphatic rings. The Morgan fingerprint density at radius 2 is 1.91 bits per heavy atom. The minimum atomic E-state index is -4.55. The maximum atomic E-state index is 12.6. The van der Waals surface area contributed by atoms with E-state index in [-0.39, 0.29) is 16.4 Å². The van der Waals surface area contributed by atoms with Crippen LogP contribution in [0.2, 0.25) is 5.02 Å². The summed E-state index contributed by atoms with van der Waals surface area (Å²) in [6, 6.07) is 7.10. The van der Waals surface area contributed by atoms with Crippen molar-refractivity contribution in [2.45, 2.75) is 6.18 Å². The second-order valence-corrected chi connectivity index (χ2v) is 4.64. The number of nitrogens with zero attached hydrogens (tertiary/aromatic N) is 2. The molecule has 0 aliphatic carbocycles. The fourth-order valence-corrected chi connectivity index (χ4v) is 2.01. The second kappa shape index (κ2) is 6.23. The molecule has 0 saturated carbocycles. The summed E-state index contributed by atoms with van der Waals surface area (Å²) in [5.41, 5.74) is -0.644. The van der Waals surface area contributed by atoms with Gasteiger partial charge in [-0.1, -0.05) is 16.8 Å². The Kier molecular flexibility index (Phi) is 4.56. The number of alkyl halides is 3. The van der Waals surface area contributed by atoms with Crippen LogP contribution in [0.25, 0.3) is 0 Å². The van der Waals surface area contributed by atoms with Gasteiger partial charge in [0.25, 0.3) is 0 Å². The number of pyridine rings is 1. The first-order valence-corrected chi connectivity index (χ1v) is 6.34. The van der Waals surface area contributed by atoms with Crippen LogP contribution in [0.4, 0.5) is 13.2 Å². The lowest BCUT2D eigenvalue weighted by Gasteiger charge is -2.10. The lowest BCUT2D eigenvalue weighted by molar-refractivity contribution is -0.137. The molecule has 22 heavy (non-hydrogen) atoms. The fraction of sp³-hybridized carbons (Fsp3) is 0.143. The molecular formula is C14H10ClF3N2O2. The first-order chi connectivity index (χ1) is 10.4. The quantitative estimate of drug-likeness (QED) is 0.526. The Balaban J connectivity index is 2.43. The van der Waals surface area contributed by atoms with Gasteiger partial charge < -0.3 is 9.94 Å². The summed E-state index contributed by atoms with van der Waals surface area (Å²) in [6.07, 6.45) is -3.91. The minimum Gasteiger partial charge on any atom is -0.497 e. The van der Waals surface area contributed by atoms with Gasteiger partial charge in [0.15, 0.2) is 0 Å². The van der Waals surface area contributed by atoms with E-state index >= 15 is 0 Å². The molecule has 0 saturated heterocycles. The number of hydrogen-bond donors (Lipinski definition) is 1. The van der Waals surface area contributed by atoms with Crippen molar-refractivity contribution in [3.8, 4) is 5.75 Å². The highest BCUT2D eigenvalue weighted by Gasteiger charge is 2.32. The van der Waals surface area contributed by atoms with Crippen LogP contribution < -0.4 is 4.74 Å². The van der Waals surface area contributed by atoms with Gasteiger partial charge in [0, 0.05) is 11.8 Å². The predicted molar refractivity (Wildman–Crippen MR) is 74.7 cm³/mol. The van der Waals surface area contributed by atoms with E-state index in [1.165, 1.54) is 7.11 Å². The third kappa shape index (κ3) is 3.30. The van der Waals surface area contributed by atoms with Crippen LogP contribution in [0.1, 0.15) is 16.8 Å². The van der Waals surface area contributed by atoms with Gasteiger partial charge in [-0.25, -0.2) is 0 Å². The van der Waals surface area contributed by atoms with E-state index in [2.05, 4.69) is 10.1 Å². The first-order valence-electron chi connectivity index (χ1n) is 5.96. The number of methoxy groups -OCH3 is 1. The molecule has 0 amide bonds. The maximum Gasteiger partial charge on any atom is 0.417 e. The molecule has 1 heterocycles. The van der Waals surface area contributed by atoms with Crippen molar-refractivity contribution in [1.82, 2.24) is 4.98 Å². The lowest BCUT2D eigenvalue weighted by atomic mass is 10.1. The van der Waals surface area contributed by atoms with Crippen molar-refractivity contribution in [3.05, 3.63) is 58.4 Å². The van der Waals surface area contributed by atoms with Gasteiger partial charge in [-0.3, -0.25) is 4.98 Å². The van der Waals surface area contributed by atoms with Gasteiger partial charge in [0.2, 0.25) is 0 Å². The SMILES string of the molecule is COc1ccc(/C(=N/O)c2ncc(C(F)(F)F)cc2Cl)cc1. The van der Waals surface area contributed by atoms with E-state index in [0.29, 0.717) is 17.5 Å². The predicted octanol–water partition coefficient (Wildman–Crippen LogP) is 3.99. The monoisotopic (exact) mass is 330 g/mol. The Labute approximate surface area is 128 Å². The number of benzene rings is 1. The van der Waals surface area contributed by atoms with Crippen LogP contribution in [0, 0.1) is 0 Å². The Morgan fingerprint density at radius 3 is 2.36 bits per heavy atom. The van der Waals surface area contributed by atoms with Crippen LogP contribution in [0.3, 0.4) is 0 Å². The number of ether oxygens (including phenoxy) is 1. The van der Waals surface area contributed by atoms with Gasteiger partial charge in [0.1, 0.15) is 17.2 Å². The number of hydrogen-bond acceptors (Lipinski definition) is 4. The molecule has 0 atom stereocenters. The molecule has 116 valence electrons. The lowest BCUT2D eigenvalue weighted by Crippen LogP contribution is -2.11. The molecule has 2 aromatic rings. The molecule has 4 nitrogen and oxygen atoms in total. The molecule has 1 aromatic carbocycles. The van der Waals surface area contributed by atoms with Crippen molar-refractivity contribution in [2.75, 3.05) is 7.11 Å². The zero-order valence-electron chi connectivity index (χ0n) is 11.2. The standard InChI is InChI=1S/C14H10ClF3N2O2/c1-22-10-4-2-8(3-5-10)12(20-21)13-11(15)6-9(7-19-13)14(16,17)18/h2-7,21H,1H3/b20-12-. The van der Waals surface area contributed by atoms with Crippen molar-refractivity contribution >= 4 is 17.3 Å². The second-order valence-electron chi connectivity index (χ2n) is 4.23. The van der Waals surface area contributed by atoms with E-state index in [1.54, 1.807) is 24.3 Å². The largest absolute Gasteiger partial charge is 0.497 e. The molecule has 0 unspecified atom stereocenters. The number of oxime groups is 1. The Morgan fingerprint density at radius 1 is 1.27 bits per heavy atom. The van der Waals surface area contributed by atoms with Gasteiger partial charge in [-0.15, -0.1) is 0 Å². The van der Waals surface area contributed by atoms with Crippen molar-refractivity contribution < 1.29 is 23.1 Å². The summed E-state index contributed by atoms with van der Waals surface area (Å²) < 4.78 is 42.8. The molecule has 8 heteroatoms. The zero-order valence-corrected chi connectivity index (χ0v) is 12.0. The molecular weight excluding hydrogens is 321 g/mol. The van der Waals surface area contributed by atoms with Gasteiger partial charge in [0.05, 0.1) is 17.7 Å². The third-order valence-electron chi connectivity index (χ3n) is 2.86. The smallest absolute Gasteiger partial charge is 0.417 e. The molecule has 0 bridgehead atoms. The molecule has 2 rings (SSSR count). The van der Waals surface area contributed by atoms with Crippen LogP contribution in [-0.4, -0.2) is 23.0 Å². The van der Waals surface area contributed by atoms with Crippen LogP contribution in [-0.2, 0) is 6.18 Å². The third-order valence-corrected chi connectivity index (χ3v) is 3.14. The molecule has 0 fully saturated rings. The summed E-state index contributed by atoms with van der Waals surface area (Å²) in [7, 11) is 1.49. The summed E-state index contributed by atoms with van der Waals surface area (Å²) in [4.78, 5) is 3.66. The highest BCUT2D eigenvalue weighted by Crippen LogP contribution is 2.31. The Hall–Kier alpha value is -2.28. The summed E-state index contributed by atoms with van der Waals surface area (Å²) in [5, 5.41) is 12.0. The minimum absolute atomic E-state index is 0.0404. The van der Waals surface area contributed by atoms with Crippen molar-refractivity contribution in [2.24, 2.45) is 5.16 Å². The summed E-state index contributed by atoms with van der Waals surface area (Å²) in [6.45, 7) is 0. The molecule has 1 N–H and O–H groups in total. The van der Waals surface area contributed by atoms with Crippen molar-refractivity contribution in [1.29, 1.82) is 0 Å². The van der Waals surface area contributed by atoms with E-state index < -0.39 is 11.7 Å². The molecule has 0 aliphatic heterocycles. The normalized spacial score (nSPS) is 12.3. The molecule has 0 radical (unpaired) electrons. The number of aromatic nitrogens is 1. The van der Waals surface area contributed by atoms with E-state index in [0.717, 1.165) is 6.07 Å². The summed E-state index contributed by atoms with van der Waals surface area (Å²) >= 11 is 5.84. The van der Waals surface area contributed by atoms with Gasteiger partial charge in [-0.2, -0.15) is 13.2 Å². The zero-order chi connectivity index (χ0) is 16.3. The van der Waals surface area contributed by atoms with Crippen LogP contribution in [0.15, 0.2) is 41.7 Å². The average Bonchev–Trinajstić information content (AvgIpc) is 2.49. The average molecular weight is 331 g/mol. The maximum absolute atomic E-state index is 12.6. The fourth-order valence-electron chi connectivity index (χ4n) is 1.76. The highest BCUT2D eigenvalue weighted by molar-refractivity contribution is 6.35. The van der Waals surface area contributed by atoms with Crippen molar-refractivity contribution in [3.63, 3.8) is 0 Å². The van der Waals surface area contributed by atoms with E-state index in [1.807, 2.05) is 0 Å². The van der Waals surface area contributed by atoms with E-state index in [9.17, 15) is 13.2 Å².